The van der Waals surface area contributed by atoms with Gasteiger partial charge in [-0.25, -0.2) is 0 Å². The first-order valence-corrected chi connectivity index (χ1v) is 7.92. The third-order valence-corrected chi connectivity index (χ3v) is 2.90. The van der Waals surface area contributed by atoms with Gasteiger partial charge in [0.2, 0.25) is 23.6 Å². The van der Waals surface area contributed by atoms with E-state index < -0.39 is 0 Å². The molecule has 0 bridgehead atoms. The Balaban J connectivity index is 0.000000220. The lowest BCUT2D eigenvalue weighted by Gasteiger charge is -2.10. The molecule has 0 spiro atoms. The molecule has 124 valence electrons. The second kappa shape index (κ2) is 7.42. The molecule has 2 aromatic rings. The summed E-state index contributed by atoms with van der Waals surface area (Å²) in [5.41, 5.74) is -0.172. The molecule has 0 fully saturated rings. The summed E-state index contributed by atoms with van der Waals surface area (Å²) in [4.78, 5) is 0. The Hall–Kier alpha value is -1.14. The minimum atomic E-state index is -0.0860. The molecule has 2 aromatic heterocycles. The number of alkyl halides is 2. The monoisotopic (exact) mass is 348 g/mol. The van der Waals surface area contributed by atoms with Crippen LogP contribution in [0, 0.1) is 0 Å². The van der Waals surface area contributed by atoms with Crippen LogP contribution in [0.15, 0.2) is 8.83 Å². The molecule has 0 aliphatic rings. The number of nitrogens with zero attached hydrogens (tertiary/aromatic N) is 4. The van der Waals surface area contributed by atoms with Crippen molar-refractivity contribution in [3.63, 3.8) is 0 Å². The highest BCUT2D eigenvalue weighted by molar-refractivity contribution is 6.16. The zero-order valence-electron chi connectivity index (χ0n) is 13.8. The molecule has 0 saturated carbocycles. The van der Waals surface area contributed by atoms with Gasteiger partial charge in [-0.2, -0.15) is 0 Å². The minimum absolute atomic E-state index is 0.0860. The zero-order valence-corrected chi connectivity index (χ0v) is 15.3. The van der Waals surface area contributed by atoms with E-state index in [0.29, 0.717) is 23.6 Å². The lowest BCUT2D eigenvalue weighted by atomic mass is 9.97. The predicted octanol–water partition coefficient (Wildman–Crippen LogP) is 4.21. The van der Waals surface area contributed by atoms with Crippen LogP contribution in [0.5, 0.6) is 0 Å². The van der Waals surface area contributed by atoms with Crippen molar-refractivity contribution in [2.24, 2.45) is 0 Å². The molecule has 0 radical (unpaired) electrons. The highest BCUT2D eigenvalue weighted by Gasteiger charge is 2.21. The summed E-state index contributed by atoms with van der Waals surface area (Å²) < 4.78 is 10.5. The first-order chi connectivity index (χ1) is 10.1. The lowest BCUT2D eigenvalue weighted by Crippen LogP contribution is -2.11. The normalized spacial score (nSPS) is 12.0. The van der Waals surface area contributed by atoms with Gasteiger partial charge >= 0.3 is 0 Å². The van der Waals surface area contributed by atoms with Crippen molar-refractivity contribution in [3.05, 3.63) is 23.6 Å². The van der Waals surface area contributed by atoms with Crippen LogP contribution in [-0.4, -0.2) is 20.4 Å². The van der Waals surface area contributed by atoms with Gasteiger partial charge < -0.3 is 8.83 Å². The summed E-state index contributed by atoms with van der Waals surface area (Å²) in [6.45, 7) is 12.1. The Morgan fingerprint density at radius 3 is 1.14 bits per heavy atom. The Morgan fingerprint density at radius 2 is 1.00 bits per heavy atom. The van der Waals surface area contributed by atoms with Crippen LogP contribution in [0.3, 0.4) is 0 Å². The fourth-order valence-corrected chi connectivity index (χ4v) is 1.44. The second-order valence-corrected chi connectivity index (χ2v) is 7.30. The van der Waals surface area contributed by atoms with Gasteiger partial charge in [0.05, 0.1) is 0 Å². The van der Waals surface area contributed by atoms with Crippen molar-refractivity contribution in [2.75, 3.05) is 0 Å². The number of rotatable bonds is 2. The van der Waals surface area contributed by atoms with E-state index in [1.165, 1.54) is 0 Å². The van der Waals surface area contributed by atoms with E-state index in [4.69, 9.17) is 32.0 Å². The molecule has 0 aliphatic carbocycles. The number of hydrogen-bond acceptors (Lipinski definition) is 6. The van der Waals surface area contributed by atoms with Crippen LogP contribution < -0.4 is 0 Å². The lowest BCUT2D eigenvalue weighted by molar-refractivity contribution is 0.378. The topological polar surface area (TPSA) is 77.8 Å². The molecule has 0 N–H and O–H groups in total. The van der Waals surface area contributed by atoms with Gasteiger partial charge in [-0.05, 0) is 0 Å². The van der Waals surface area contributed by atoms with Crippen LogP contribution in [-0.2, 0) is 22.6 Å². The van der Waals surface area contributed by atoms with Crippen molar-refractivity contribution in [1.82, 2.24) is 20.4 Å². The van der Waals surface area contributed by atoms with Crippen molar-refractivity contribution >= 4 is 23.2 Å². The van der Waals surface area contributed by atoms with E-state index in [2.05, 4.69) is 20.4 Å². The molecule has 2 heterocycles. The molecule has 0 unspecified atom stereocenters. The largest absolute Gasteiger partial charge is 0.423 e. The Morgan fingerprint density at radius 1 is 0.682 bits per heavy atom. The maximum Gasteiger partial charge on any atom is 0.231 e. The summed E-state index contributed by atoms with van der Waals surface area (Å²) in [7, 11) is 0. The highest BCUT2D eigenvalue weighted by Crippen LogP contribution is 2.21. The summed E-state index contributed by atoms with van der Waals surface area (Å²) in [5, 5.41) is 15.2. The standard InChI is InChI=1S/2C7H11ClN2O/c2*1-7(2,3)6-10-9-5(4-8)11-6/h2*4H2,1-3H3. The molecule has 0 aliphatic heterocycles. The number of hydrogen-bond donors (Lipinski definition) is 0. The molecule has 2 rings (SSSR count). The van der Waals surface area contributed by atoms with Gasteiger partial charge in [0.15, 0.2) is 0 Å². The van der Waals surface area contributed by atoms with E-state index in [0.717, 1.165) is 0 Å². The molecule has 0 aromatic carbocycles. The van der Waals surface area contributed by atoms with Gasteiger partial charge in [-0.1, -0.05) is 41.5 Å². The maximum atomic E-state index is 5.49. The van der Waals surface area contributed by atoms with E-state index in [1.807, 2.05) is 41.5 Å². The first kappa shape index (κ1) is 18.9. The molecular formula is C14H22Cl2N4O2. The Kier molecular flexibility index (Phi) is 6.38. The molecule has 0 saturated heterocycles. The first-order valence-electron chi connectivity index (χ1n) is 6.85. The molecular weight excluding hydrogens is 327 g/mol. The van der Waals surface area contributed by atoms with Gasteiger partial charge in [-0.3, -0.25) is 0 Å². The Bertz CT molecular complexity index is 530. The second-order valence-electron chi connectivity index (χ2n) is 6.77. The van der Waals surface area contributed by atoms with E-state index >= 15 is 0 Å². The summed E-state index contributed by atoms with van der Waals surface area (Å²) in [5.74, 6) is 2.79. The maximum absolute atomic E-state index is 5.49. The summed E-state index contributed by atoms with van der Waals surface area (Å²) in [6.07, 6.45) is 0. The van der Waals surface area contributed by atoms with Crippen molar-refractivity contribution in [1.29, 1.82) is 0 Å². The molecule has 8 heteroatoms. The van der Waals surface area contributed by atoms with Gasteiger partial charge in [0.25, 0.3) is 0 Å². The van der Waals surface area contributed by atoms with Gasteiger partial charge in [-0.15, -0.1) is 43.6 Å². The highest BCUT2D eigenvalue weighted by atomic mass is 35.5. The van der Waals surface area contributed by atoms with E-state index in [9.17, 15) is 0 Å². The van der Waals surface area contributed by atoms with Crippen LogP contribution in [0.25, 0.3) is 0 Å². The van der Waals surface area contributed by atoms with Crippen molar-refractivity contribution in [2.45, 2.75) is 64.1 Å². The van der Waals surface area contributed by atoms with Crippen molar-refractivity contribution < 1.29 is 8.83 Å². The molecule has 6 nitrogen and oxygen atoms in total. The Labute approximate surface area is 140 Å². The molecule has 0 amide bonds. The average molecular weight is 349 g/mol. The van der Waals surface area contributed by atoms with Crippen LogP contribution in [0.2, 0.25) is 0 Å². The average Bonchev–Trinajstić information content (AvgIpc) is 3.07. The minimum Gasteiger partial charge on any atom is -0.423 e. The number of aromatic nitrogens is 4. The van der Waals surface area contributed by atoms with Crippen molar-refractivity contribution in [3.8, 4) is 0 Å². The predicted molar refractivity (Wildman–Crippen MR) is 85.1 cm³/mol. The van der Waals surface area contributed by atoms with Crippen LogP contribution in [0.4, 0.5) is 0 Å². The van der Waals surface area contributed by atoms with E-state index in [-0.39, 0.29) is 22.6 Å². The summed E-state index contributed by atoms with van der Waals surface area (Å²) >= 11 is 11.0. The number of halogens is 2. The third kappa shape index (κ3) is 5.57. The SMILES string of the molecule is CC(C)(C)c1nnc(CCl)o1.CC(C)(C)c1nnc(CCl)o1. The zero-order chi connectivity index (χ0) is 17.0. The molecule has 0 atom stereocenters. The third-order valence-electron chi connectivity index (χ3n) is 2.45. The van der Waals surface area contributed by atoms with E-state index in [1.54, 1.807) is 0 Å². The fourth-order valence-electron chi connectivity index (χ4n) is 1.22. The summed E-state index contributed by atoms with van der Waals surface area (Å²) in [6, 6.07) is 0. The smallest absolute Gasteiger partial charge is 0.231 e. The van der Waals surface area contributed by atoms with Crippen LogP contribution >= 0.6 is 23.2 Å². The van der Waals surface area contributed by atoms with Crippen LogP contribution in [0.1, 0.15) is 65.1 Å². The quantitative estimate of drug-likeness (QED) is 0.756. The molecule has 22 heavy (non-hydrogen) atoms. The fraction of sp³-hybridized carbons (Fsp3) is 0.714. The van der Waals surface area contributed by atoms with Gasteiger partial charge in [0, 0.05) is 10.8 Å². The van der Waals surface area contributed by atoms with Gasteiger partial charge in [0.1, 0.15) is 11.8 Å².